The van der Waals surface area contributed by atoms with Crippen LogP contribution < -0.4 is 5.32 Å². The summed E-state index contributed by atoms with van der Waals surface area (Å²) in [5.74, 6) is -0.498. The van der Waals surface area contributed by atoms with Gasteiger partial charge in [-0.15, -0.1) is 11.3 Å². The molecule has 6 heteroatoms. The second-order valence-corrected chi connectivity index (χ2v) is 4.12. The first-order valence-electron chi connectivity index (χ1n) is 4.81. The fraction of sp³-hybridized carbons (Fsp3) is 0.0909. The molecular weight excluding hydrogens is 243 g/mol. The summed E-state index contributed by atoms with van der Waals surface area (Å²) in [4.78, 5) is 16.0. The Labute approximate surface area is 101 Å². The summed E-state index contributed by atoms with van der Waals surface area (Å²) in [5, 5.41) is 2.32. The Kier molecular flexibility index (Phi) is 3.66. The maximum atomic E-state index is 13.2. The van der Waals surface area contributed by atoms with E-state index < -0.39 is 11.9 Å². The number of thiazole rings is 1. The van der Waals surface area contributed by atoms with Gasteiger partial charge in [0.15, 0.2) is 0 Å². The number of hydrogen-bond acceptors (Lipinski definition) is 4. The van der Waals surface area contributed by atoms with E-state index in [0.29, 0.717) is 0 Å². The first-order chi connectivity index (χ1) is 8.25. The highest BCUT2D eigenvalue weighted by atomic mass is 32.1. The normalized spacial score (nSPS) is 9.94. The first kappa shape index (κ1) is 11.5. The van der Waals surface area contributed by atoms with Crippen molar-refractivity contribution in [2.45, 2.75) is 6.61 Å². The zero-order chi connectivity index (χ0) is 12.1. The van der Waals surface area contributed by atoms with Crippen molar-refractivity contribution in [1.29, 1.82) is 0 Å². The predicted octanol–water partition coefficient (Wildman–Crippen LogP) is 3.03. The molecule has 2 rings (SSSR count). The van der Waals surface area contributed by atoms with E-state index in [1.165, 1.54) is 23.5 Å². The molecule has 0 aliphatic heterocycles. The lowest BCUT2D eigenvalue weighted by molar-refractivity contribution is 0.156. The van der Waals surface area contributed by atoms with Gasteiger partial charge in [-0.2, -0.15) is 0 Å². The highest BCUT2D eigenvalue weighted by Crippen LogP contribution is 2.13. The van der Waals surface area contributed by atoms with Crippen molar-refractivity contribution in [1.82, 2.24) is 4.98 Å². The number of benzene rings is 1. The average Bonchev–Trinajstić information content (AvgIpc) is 2.82. The van der Waals surface area contributed by atoms with E-state index in [2.05, 4.69) is 10.3 Å². The highest BCUT2D eigenvalue weighted by Gasteiger charge is 2.07. The molecule has 1 aromatic carbocycles. The largest absolute Gasteiger partial charge is 0.444 e. The van der Waals surface area contributed by atoms with Crippen molar-refractivity contribution >= 4 is 23.1 Å². The molecule has 1 N–H and O–H groups in total. The van der Waals surface area contributed by atoms with Crippen LogP contribution in [0.5, 0.6) is 0 Å². The van der Waals surface area contributed by atoms with Gasteiger partial charge in [0.25, 0.3) is 0 Å². The molecule has 0 radical (unpaired) electrons. The molecule has 1 amide bonds. The monoisotopic (exact) mass is 252 g/mol. The molecule has 17 heavy (non-hydrogen) atoms. The van der Waals surface area contributed by atoms with E-state index in [0.717, 1.165) is 4.88 Å². The summed E-state index contributed by atoms with van der Waals surface area (Å²) >= 11 is 1.38. The molecule has 0 aliphatic rings. The number of rotatable bonds is 3. The molecule has 4 nitrogen and oxygen atoms in total. The van der Waals surface area contributed by atoms with Gasteiger partial charge in [-0.05, 0) is 12.1 Å². The summed E-state index contributed by atoms with van der Waals surface area (Å²) in [6.07, 6.45) is 0.921. The van der Waals surface area contributed by atoms with Crippen molar-refractivity contribution in [2.75, 3.05) is 5.32 Å². The number of carbonyl (C=O) groups is 1. The minimum Gasteiger partial charge on any atom is -0.444 e. The van der Waals surface area contributed by atoms with Gasteiger partial charge < -0.3 is 4.74 Å². The maximum absolute atomic E-state index is 13.2. The smallest absolute Gasteiger partial charge is 0.412 e. The Morgan fingerprint density at radius 1 is 1.47 bits per heavy atom. The number of amides is 1. The third-order valence-electron chi connectivity index (χ3n) is 1.94. The minimum absolute atomic E-state index is 0.0989. The van der Waals surface area contributed by atoms with Crippen LogP contribution in [0.25, 0.3) is 0 Å². The zero-order valence-electron chi connectivity index (χ0n) is 8.72. The Balaban J connectivity index is 1.87. The van der Waals surface area contributed by atoms with Gasteiger partial charge in [-0.1, -0.05) is 12.1 Å². The fourth-order valence-corrected chi connectivity index (χ4v) is 1.66. The van der Waals surface area contributed by atoms with Crippen molar-refractivity contribution in [3.63, 3.8) is 0 Å². The molecular formula is C11H9FN2O2S. The van der Waals surface area contributed by atoms with Gasteiger partial charge in [-0.25, -0.2) is 9.18 Å². The molecule has 0 spiro atoms. The van der Waals surface area contributed by atoms with Gasteiger partial charge in [0, 0.05) is 6.20 Å². The number of anilines is 1. The average molecular weight is 252 g/mol. The summed E-state index contributed by atoms with van der Waals surface area (Å²) in [5.41, 5.74) is 1.75. The van der Waals surface area contributed by atoms with Crippen molar-refractivity contribution in [2.24, 2.45) is 0 Å². The highest BCUT2D eigenvalue weighted by molar-refractivity contribution is 7.09. The molecule has 0 saturated carbocycles. The van der Waals surface area contributed by atoms with E-state index in [-0.39, 0.29) is 12.3 Å². The Hall–Kier alpha value is -1.95. The molecule has 0 saturated heterocycles. The van der Waals surface area contributed by atoms with Crippen LogP contribution >= 0.6 is 11.3 Å². The number of hydrogen-bond donors (Lipinski definition) is 1. The van der Waals surface area contributed by atoms with Crippen LogP contribution in [-0.4, -0.2) is 11.1 Å². The molecule has 0 fully saturated rings. The van der Waals surface area contributed by atoms with Gasteiger partial charge in [0.2, 0.25) is 0 Å². The van der Waals surface area contributed by atoms with Crippen molar-refractivity contribution in [3.8, 4) is 0 Å². The second kappa shape index (κ2) is 5.40. The van der Waals surface area contributed by atoms with Crippen LogP contribution in [0.4, 0.5) is 14.9 Å². The summed E-state index contributed by atoms with van der Waals surface area (Å²) in [6.45, 7) is 0.130. The molecule has 0 unspecified atom stereocenters. The number of nitrogens with one attached hydrogen (secondary N) is 1. The third-order valence-corrected chi connectivity index (χ3v) is 2.69. The Morgan fingerprint density at radius 2 is 2.29 bits per heavy atom. The minimum atomic E-state index is -0.691. The van der Waals surface area contributed by atoms with Gasteiger partial charge in [0.1, 0.15) is 12.4 Å². The van der Waals surface area contributed by atoms with Crippen molar-refractivity contribution in [3.05, 3.63) is 46.7 Å². The molecule has 2 aromatic rings. The summed E-state index contributed by atoms with van der Waals surface area (Å²) in [6, 6.07) is 5.90. The molecule has 88 valence electrons. The maximum Gasteiger partial charge on any atom is 0.412 e. The van der Waals surface area contributed by atoms with Gasteiger partial charge in [0.05, 0.1) is 16.1 Å². The molecule has 0 atom stereocenters. The van der Waals surface area contributed by atoms with Crippen LogP contribution in [0.2, 0.25) is 0 Å². The van der Waals surface area contributed by atoms with Crippen molar-refractivity contribution < 1.29 is 13.9 Å². The third kappa shape index (κ3) is 3.25. The lowest BCUT2D eigenvalue weighted by atomic mass is 10.3. The standard InChI is InChI=1S/C11H9FN2O2S/c12-9-3-1-2-4-10(9)14-11(15)16-6-8-5-13-7-17-8/h1-5,7H,6H2,(H,14,15). The first-order valence-corrected chi connectivity index (χ1v) is 5.69. The van der Waals surface area contributed by atoms with E-state index in [1.807, 2.05) is 0 Å². The number of ether oxygens (including phenoxy) is 1. The fourth-order valence-electron chi connectivity index (χ4n) is 1.16. The number of carbonyl (C=O) groups excluding carboxylic acids is 1. The molecule has 0 aliphatic carbocycles. The number of nitrogens with zero attached hydrogens (tertiary/aromatic N) is 1. The lowest BCUT2D eigenvalue weighted by Gasteiger charge is -2.06. The number of halogens is 1. The Morgan fingerprint density at radius 3 is 3.00 bits per heavy atom. The topological polar surface area (TPSA) is 51.2 Å². The quantitative estimate of drug-likeness (QED) is 0.913. The lowest BCUT2D eigenvalue weighted by Crippen LogP contribution is -2.14. The zero-order valence-corrected chi connectivity index (χ0v) is 9.54. The van der Waals surface area contributed by atoms with Gasteiger partial charge in [-0.3, -0.25) is 10.3 Å². The van der Waals surface area contributed by atoms with Gasteiger partial charge >= 0.3 is 6.09 Å². The molecule has 1 aromatic heterocycles. The number of aromatic nitrogens is 1. The van der Waals surface area contributed by atoms with Crippen LogP contribution in [-0.2, 0) is 11.3 Å². The number of para-hydroxylation sites is 1. The summed E-state index contributed by atoms with van der Waals surface area (Å²) < 4.78 is 18.1. The van der Waals surface area contributed by atoms with E-state index >= 15 is 0 Å². The SMILES string of the molecule is O=C(Nc1ccccc1F)OCc1cncs1. The van der Waals surface area contributed by atoms with Crippen LogP contribution in [0, 0.1) is 5.82 Å². The van der Waals surface area contributed by atoms with Crippen LogP contribution in [0.1, 0.15) is 4.88 Å². The molecule has 1 heterocycles. The second-order valence-electron chi connectivity index (χ2n) is 3.15. The van der Waals surface area contributed by atoms with Crippen LogP contribution in [0.3, 0.4) is 0 Å². The molecule has 0 bridgehead atoms. The summed E-state index contributed by atoms with van der Waals surface area (Å²) in [7, 11) is 0. The van der Waals surface area contributed by atoms with Crippen LogP contribution in [0.15, 0.2) is 36.0 Å². The van der Waals surface area contributed by atoms with E-state index in [9.17, 15) is 9.18 Å². The Bertz CT molecular complexity index is 502. The predicted molar refractivity (Wildman–Crippen MR) is 62.3 cm³/mol. The van der Waals surface area contributed by atoms with E-state index in [4.69, 9.17) is 4.74 Å². The van der Waals surface area contributed by atoms with E-state index in [1.54, 1.807) is 23.8 Å².